The molecule has 2 aliphatic rings. The second-order valence-corrected chi connectivity index (χ2v) is 8.79. The molecular weight excluding hydrogens is 376 g/mol. The lowest BCUT2D eigenvalue weighted by Gasteiger charge is -2.30. The summed E-state index contributed by atoms with van der Waals surface area (Å²) in [6.45, 7) is 10.2. The zero-order chi connectivity index (χ0) is 19.6. The Labute approximate surface area is 171 Å². The average Bonchev–Trinajstić information content (AvgIpc) is 2.87. The van der Waals surface area contributed by atoms with Crippen molar-refractivity contribution in [3.63, 3.8) is 0 Å². The number of aromatic nitrogens is 1. The smallest absolute Gasteiger partial charge is 0.257 e. The minimum Gasteiger partial charge on any atom is -0.493 e. The van der Waals surface area contributed by atoms with E-state index in [1.54, 1.807) is 7.11 Å². The zero-order valence-corrected chi connectivity index (χ0v) is 18.0. The number of nitrogens with zero attached hydrogens (tertiary/aromatic N) is 1. The molecular formula is C22H27ClN2O3. The molecule has 2 aliphatic heterocycles. The quantitative estimate of drug-likeness (QED) is 0.825. The van der Waals surface area contributed by atoms with Gasteiger partial charge in [0.1, 0.15) is 5.60 Å². The van der Waals surface area contributed by atoms with Gasteiger partial charge in [-0.1, -0.05) is 0 Å². The zero-order valence-electron chi connectivity index (χ0n) is 17.2. The van der Waals surface area contributed by atoms with E-state index in [2.05, 4.69) is 32.7 Å². The van der Waals surface area contributed by atoms with Gasteiger partial charge >= 0.3 is 0 Å². The lowest BCUT2D eigenvalue weighted by atomic mass is 9.81. The minimum atomic E-state index is -0.317. The van der Waals surface area contributed by atoms with Crippen molar-refractivity contribution in [1.82, 2.24) is 4.98 Å². The van der Waals surface area contributed by atoms with Gasteiger partial charge in [-0.25, -0.2) is 0 Å². The van der Waals surface area contributed by atoms with E-state index in [1.165, 1.54) is 0 Å². The second-order valence-electron chi connectivity index (χ2n) is 8.79. The minimum absolute atomic E-state index is 0. The third kappa shape index (κ3) is 3.32. The third-order valence-corrected chi connectivity index (χ3v) is 5.21. The number of halogens is 1. The first-order valence-electron chi connectivity index (χ1n) is 9.32. The van der Waals surface area contributed by atoms with E-state index in [0.717, 1.165) is 52.4 Å². The van der Waals surface area contributed by atoms with E-state index in [-0.39, 0.29) is 29.1 Å². The summed E-state index contributed by atoms with van der Waals surface area (Å²) >= 11 is 0. The van der Waals surface area contributed by atoms with Crippen LogP contribution in [0.25, 0.3) is 0 Å². The van der Waals surface area contributed by atoms with Crippen molar-refractivity contribution in [2.24, 2.45) is 4.99 Å². The van der Waals surface area contributed by atoms with Crippen molar-refractivity contribution in [2.75, 3.05) is 7.11 Å². The molecule has 5 nitrogen and oxygen atoms in total. The first kappa shape index (κ1) is 20.5. The molecule has 0 bridgehead atoms. The van der Waals surface area contributed by atoms with E-state index >= 15 is 0 Å². The summed E-state index contributed by atoms with van der Waals surface area (Å²) in [6.07, 6.45) is 1.55. The lowest BCUT2D eigenvalue weighted by Crippen LogP contribution is -2.33. The molecule has 0 radical (unpaired) electrons. The summed E-state index contributed by atoms with van der Waals surface area (Å²) < 4.78 is 11.8. The van der Waals surface area contributed by atoms with Gasteiger partial charge in [0.15, 0.2) is 11.5 Å². The van der Waals surface area contributed by atoms with Crippen molar-refractivity contribution in [1.29, 1.82) is 0 Å². The molecule has 0 amide bonds. The predicted molar refractivity (Wildman–Crippen MR) is 114 cm³/mol. The summed E-state index contributed by atoms with van der Waals surface area (Å²) in [4.78, 5) is 20.6. The van der Waals surface area contributed by atoms with Crippen LogP contribution in [0.2, 0.25) is 0 Å². The van der Waals surface area contributed by atoms with E-state index < -0.39 is 0 Å². The van der Waals surface area contributed by atoms with Gasteiger partial charge in [0.05, 0.1) is 23.9 Å². The Balaban J connectivity index is 0.00000225. The lowest BCUT2D eigenvalue weighted by molar-refractivity contribution is 0.134. The predicted octanol–water partition coefficient (Wildman–Crippen LogP) is 4.00. The number of H-pyrrole nitrogens is 1. The number of hydrogen-bond donors (Lipinski definition) is 1. The van der Waals surface area contributed by atoms with E-state index in [0.29, 0.717) is 5.56 Å². The topological polar surface area (TPSA) is 63.7 Å². The van der Waals surface area contributed by atoms with Gasteiger partial charge in [0.25, 0.3) is 5.56 Å². The molecule has 3 heterocycles. The maximum atomic E-state index is 12.7. The Morgan fingerprint density at radius 1 is 1.18 bits per heavy atom. The summed E-state index contributed by atoms with van der Waals surface area (Å²) in [6, 6.07) is 5.84. The number of methoxy groups -OCH3 is 1. The molecule has 4 rings (SSSR count). The van der Waals surface area contributed by atoms with E-state index in [9.17, 15) is 4.79 Å². The number of aromatic amines is 1. The highest BCUT2D eigenvalue weighted by atomic mass is 35.5. The van der Waals surface area contributed by atoms with Crippen LogP contribution in [0.1, 0.15) is 55.6 Å². The fourth-order valence-electron chi connectivity index (χ4n) is 4.17. The number of aryl methyl sites for hydroxylation is 1. The van der Waals surface area contributed by atoms with Crippen LogP contribution in [0.15, 0.2) is 28.0 Å². The van der Waals surface area contributed by atoms with Crippen LogP contribution in [0.4, 0.5) is 0 Å². The Bertz CT molecular complexity index is 1030. The molecule has 0 unspecified atom stereocenters. The SMILES string of the molecule is COc1cc2c(c3c1OC(C)(C)C3)C(c1ccc(C)[nH]c1=O)=NC(C)(C)C2.Cl. The molecule has 28 heavy (non-hydrogen) atoms. The number of pyridine rings is 1. The number of aliphatic imine (C=N–C) groups is 1. The van der Waals surface area contributed by atoms with Crippen LogP contribution in [0, 0.1) is 6.92 Å². The number of rotatable bonds is 2. The number of hydrogen-bond acceptors (Lipinski definition) is 4. The molecule has 0 fully saturated rings. The highest BCUT2D eigenvalue weighted by Crippen LogP contribution is 2.47. The van der Waals surface area contributed by atoms with Gasteiger partial charge in [-0.2, -0.15) is 0 Å². The molecule has 1 N–H and O–H groups in total. The first-order valence-corrected chi connectivity index (χ1v) is 9.32. The van der Waals surface area contributed by atoms with Gasteiger partial charge in [-0.3, -0.25) is 9.79 Å². The molecule has 0 aliphatic carbocycles. The number of ether oxygens (including phenoxy) is 2. The molecule has 2 aromatic rings. The fraction of sp³-hybridized carbons (Fsp3) is 0.455. The number of benzene rings is 1. The van der Waals surface area contributed by atoms with Gasteiger partial charge in [0, 0.05) is 23.2 Å². The summed E-state index contributed by atoms with van der Waals surface area (Å²) in [7, 11) is 1.67. The summed E-state index contributed by atoms with van der Waals surface area (Å²) in [5.74, 6) is 1.53. The second kappa shape index (κ2) is 6.66. The van der Waals surface area contributed by atoms with Crippen LogP contribution >= 0.6 is 12.4 Å². The highest BCUT2D eigenvalue weighted by molar-refractivity contribution is 6.16. The van der Waals surface area contributed by atoms with Crippen molar-refractivity contribution in [3.05, 3.63) is 56.5 Å². The van der Waals surface area contributed by atoms with Crippen molar-refractivity contribution in [2.45, 2.75) is 58.6 Å². The molecule has 0 saturated carbocycles. The third-order valence-electron chi connectivity index (χ3n) is 5.21. The largest absolute Gasteiger partial charge is 0.493 e. The number of nitrogens with one attached hydrogen (secondary N) is 1. The highest BCUT2D eigenvalue weighted by Gasteiger charge is 2.40. The Morgan fingerprint density at radius 3 is 2.54 bits per heavy atom. The number of fused-ring (bicyclic) bond motifs is 3. The molecule has 0 saturated heterocycles. The Hall–Kier alpha value is -2.27. The standard InChI is InChI=1S/C22H26N2O3.ClH/c1-12-7-8-14(20(25)23-12)18-17-13(10-21(2,3)24-18)9-16(26-6)19-15(17)11-22(4,5)27-19;/h7-9H,10-11H2,1-6H3,(H,23,25);1H. The van der Waals surface area contributed by atoms with Crippen LogP contribution in [-0.4, -0.2) is 28.9 Å². The van der Waals surface area contributed by atoms with Gasteiger partial charge < -0.3 is 14.5 Å². The van der Waals surface area contributed by atoms with Crippen LogP contribution in [0.5, 0.6) is 11.5 Å². The Kier molecular flexibility index (Phi) is 4.87. The first-order chi connectivity index (χ1) is 12.6. The molecule has 150 valence electrons. The fourth-order valence-corrected chi connectivity index (χ4v) is 4.17. The van der Waals surface area contributed by atoms with Crippen LogP contribution < -0.4 is 15.0 Å². The summed E-state index contributed by atoms with van der Waals surface area (Å²) in [5.41, 5.74) is 4.74. The average molecular weight is 403 g/mol. The maximum Gasteiger partial charge on any atom is 0.257 e. The molecule has 6 heteroatoms. The Morgan fingerprint density at radius 2 is 1.89 bits per heavy atom. The monoisotopic (exact) mass is 402 g/mol. The van der Waals surface area contributed by atoms with Gasteiger partial charge in [0.2, 0.25) is 0 Å². The van der Waals surface area contributed by atoms with Crippen molar-refractivity contribution >= 4 is 18.1 Å². The van der Waals surface area contributed by atoms with Crippen LogP contribution in [-0.2, 0) is 12.8 Å². The van der Waals surface area contributed by atoms with Gasteiger partial charge in [-0.05, 0) is 64.8 Å². The van der Waals surface area contributed by atoms with Gasteiger partial charge in [-0.15, -0.1) is 12.4 Å². The molecule has 1 aromatic heterocycles. The molecule has 0 spiro atoms. The van der Waals surface area contributed by atoms with Crippen molar-refractivity contribution in [3.8, 4) is 11.5 Å². The summed E-state index contributed by atoms with van der Waals surface area (Å²) in [5, 5.41) is 0. The molecule has 0 atom stereocenters. The normalized spacial score (nSPS) is 18.3. The van der Waals surface area contributed by atoms with Crippen LogP contribution in [0.3, 0.4) is 0 Å². The van der Waals surface area contributed by atoms with E-state index in [1.807, 2.05) is 25.1 Å². The molecule has 1 aromatic carbocycles. The maximum absolute atomic E-state index is 12.7. The van der Waals surface area contributed by atoms with Crippen molar-refractivity contribution < 1.29 is 9.47 Å². The van der Waals surface area contributed by atoms with E-state index in [4.69, 9.17) is 14.5 Å².